The average Bonchev–Trinajstić information content (AvgIpc) is 2.28. The molecule has 16 heavy (non-hydrogen) atoms. The Hall–Kier alpha value is -0.630. The second-order valence-corrected chi connectivity index (χ2v) is 4.74. The zero-order valence-corrected chi connectivity index (χ0v) is 10.7. The molecular formula is C12H24N4. The van der Waals surface area contributed by atoms with Crippen molar-refractivity contribution < 1.29 is 0 Å². The van der Waals surface area contributed by atoms with Gasteiger partial charge in [-0.1, -0.05) is 6.92 Å². The summed E-state index contributed by atoms with van der Waals surface area (Å²) in [6, 6.07) is 2.68. The normalized spacial score (nSPS) is 20.9. The summed E-state index contributed by atoms with van der Waals surface area (Å²) in [6.45, 7) is 12.8. The second-order valence-electron chi connectivity index (χ2n) is 4.74. The number of nitriles is 1. The van der Waals surface area contributed by atoms with Crippen molar-refractivity contribution in [3.63, 3.8) is 0 Å². The predicted octanol–water partition coefficient (Wildman–Crippen LogP) is 0.514. The number of piperazine rings is 1. The summed E-state index contributed by atoms with van der Waals surface area (Å²) in [5.41, 5.74) is 0. The monoisotopic (exact) mass is 224 g/mol. The maximum Gasteiger partial charge on any atom is 0.108 e. The van der Waals surface area contributed by atoms with Crippen LogP contribution in [0.15, 0.2) is 0 Å². The van der Waals surface area contributed by atoms with Gasteiger partial charge in [-0.15, -0.1) is 0 Å². The van der Waals surface area contributed by atoms with Crippen LogP contribution in [0.2, 0.25) is 0 Å². The third-order valence-corrected chi connectivity index (χ3v) is 3.04. The molecule has 1 atom stereocenters. The van der Waals surface area contributed by atoms with Crippen LogP contribution < -0.4 is 5.32 Å². The van der Waals surface area contributed by atoms with E-state index in [-0.39, 0.29) is 6.04 Å². The van der Waals surface area contributed by atoms with Gasteiger partial charge < -0.3 is 4.90 Å². The summed E-state index contributed by atoms with van der Waals surface area (Å²) in [7, 11) is 0. The highest BCUT2D eigenvalue weighted by atomic mass is 15.3. The fourth-order valence-electron chi connectivity index (χ4n) is 2.08. The van der Waals surface area contributed by atoms with Gasteiger partial charge in [-0.25, -0.2) is 0 Å². The van der Waals surface area contributed by atoms with Gasteiger partial charge in [0.1, 0.15) is 6.04 Å². The van der Waals surface area contributed by atoms with Crippen molar-refractivity contribution in [3.05, 3.63) is 0 Å². The van der Waals surface area contributed by atoms with Gasteiger partial charge in [0.25, 0.3) is 0 Å². The number of hydrogen-bond acceptors (Lipinski definition) is 4. The third-order valence-electron chi connectivity index (χ3n) is 3.04. The minimum atomic E-state index is -0.0341. The van der Waals surface area contributed by atoms with Crippen LogP contribution >= 0.6 is 0 Å². The van der Waals surface area contributed by atoms with Crippen molar-refractivity contribution >= 4 is 0 Å². The highest BCUT2D eigenvalue weighted by molar-refractivity contribution is 4.93. The van der Waals surface area contributed by atoms with E-state index in [9.17, 15) is 0 Å². The van der Waals surface area contributed by atoms with Gasteiger partial charge in [-0.3, -0.25) is 10.2 Å². The SMILES string of the molecule is CCN1CCN(CC(C#N)NC(C)C)CC1. The van der Waals surface area contributed by atoms with Crippen molar-refractivity contribution in [2.24, 2.45) is 0 Å². The standard InChI is InChI=1S/C12H24N4/c1-4-15-5-7-16(8-6-15)10-12(9-13)14-11(2)3/h11-12,14H,4-8,10H2,1-3H3. The molecule has 4 nitrogen and oxygen atoms in total. The Morgan fingerprint density at radius 1 is 1.19 bits per heavy atom. The molecule has 92 valence electrons. The van der Waals surface area contributed by atoms with Gasteiger partial charge >= 0.3 is 0 Å². The molecule has 0 saturated carbocycles. The molecule has 0 radical (unpaired) electrons. The molecule has 1 aliphatic heterocycles. The number of nitrogens with one attached hydrogen (secondary N) is 1. The van der Waals surface area contributed by atoms with E-state index in [1.165, 1.54) is 0 Å². The fourth-order valence-corrected chi connectivity index (χ4v) is 2.08. The summed E-state index contributed by atoms with van der Waals surface area (Å²) in [5.74, 6) is 0. The van der Waals surface area contributed by atoms with Crippen molar-refractivity contribution in [2.45, 2.75) is 32.9 Å². The molecule has 4 heteroatoms. The number of likely N-dealkylation sites (N-methyl/N-ethyl adjacent to an activating group) is 1. The van der Waals surface area contributed by atoms with E-state index in [0.717, 1.165) is 39.3 Å². The van der Waals surface area contributed by atoms with Crippen molar-refractivity contribution in [2.75, 3.05) is 39.3 Å². The molecule has 1 saturated heterocycles. The minimum Gasteiger partial charge on any atom is -0.301 e. The molecular weight excluding hydrogens is 200 g/mol. The predicted molar refractivity (Wildman–Crippen MR) is 66.2 cm³/mol. The summed E-state index contributed by atoms with van der Waals surface area (Å²) < 4.78 is 0. The van der Waals surface area contributed by atoms with Crippen LogP contribution in [0.1, 0.15) is 20.8 Å². The first-order chi connectivity index (χ1) is 7.65. The van der Waals surface area contributed by atoms with Crippen molar-refractivity contribution in [1.82, 2.24) is 15.1 Å². The molecule has 0 aromatic rings. The highest BCUT2D eigenvalue weighted by Crippen LogP contribution is 2.02. The van der Waals surface area contributed by atoms with Gasteiger partial charge in [0.2, 0.25) is 0 Å². The molecule has 1 unspecified atom stereocenters. The van der Waals surface area contributed by atoms with E-state index in [1.807, 2.05) is 0 Å². The molecule has 0 spiro atoms. The summed E-state index contributed by atoms with van der Waals surface area (Å²) in [4.78, 5) is 4.84. The van der Waals surface area contributed by atoms with Gasteiger partial charge in [0, 0.05) is 38.8 Å². The quantitative estimate of drug-likeness (QED) is 0.739. The van der Waals surface area contributed by atoms with Gasteiger partial charge in [-0.2, -0.15) is 5.26 Å². The molecule has 0 aromatic heterocycles. The van der Waals surface area contributed by atoms with Gasteiger partial charge in [-0.05, 0) is 20.4 Å². The third kappa shape index (κ3) is 4.48. The van der Waals surface area contributed by atoms with Crippen LogP contribution in [0.25, 0.3) is 0 Å². The lowest BCUT2D eigenvalue weighted by Gasteiger charge is -2.35. The van der Waals surface area contributed by atoms with Gasteiger partial charge in [0.15, 0.2) is 0 Å². The lowest BCUT2D eigenvalue weighted by molar-refractivity contribution is 0.131. The van der Waals surface area contributed by atoms with Crippen LogP contribution in [0.5, 0.6) is 0 Å². The Balaban J connectivity index is 2.29. The highest BCUT2D eigenvalue weighted by Gasteiger charge is 2.19. The van der Waals surface area contributed by atoms with Crippen LogP contribution in [0.4, 0.5) is 0 Å². The number of nitrogens with zero attached hydrogens (tertiary/aromatic N) is 3. The second kappa shape index (κ2) is 6.85. The maximum absolute atomic E-state index is 9.05. The van der Waals surface area contributed by atoms with E-state index < -0.39 is 0 Å². The van der Waals surface area contributed by atoms with Gasteiger partial charge in [0.05, 0.1) is 6.07 Å². The first-order valence-electron chi connectivity index (χ1n) is 6.26. The largest absolute Gasteiger partial charge is 0.301 e. The Bertz CT molecular complexity index is 226. The molecule has 0 aromatic carbocycles. The number of hydrogen-bond donors (Lipinski definition) is 1. The molecule has 1 heterocycles. The van der Waals surface area contributed by atoms with E-state index in [1.54, 1.807) is 0 Å². The van der Waals surface area contributed by atoms with Crippen LogP contribution in [-0.4, -0.2) is 61.2 Å². The molecule has 1 aliphatic rings. The summed E-state index contributed by atoms with van der Waals surface area (Å²) >= 11 is 0. The fraction of sp³-hybridized carbons (Fsp3) is 0.917. The zero-order valence-electron chi connectivity index (χ0n) is 10.7. The Labute approximate surface area is 99.2 Å². The lowest BCUT2D eigenvalue weighted by Crippen LogP contribution is -2.51. The Morgan fingerprint density at radius 3 is 2.19 bits per heavy atom. The van der Waals surface area contributed by atoms with Crippen molar-refractivity contribution in [1.29, 1.82) is 5.26 Å². The van der Waals surface area contributed by atoms with E-state index in [0.29, 0.717) is 6.04 Å². The average molecular weight is 224 g/mol. The van der Waals surface area contributed by atoms with E-state index >= 15 is 0 Å². The first kappa shape index (κ1) is 13.4. The summed E-state index contributed by atoms with van der Waals surface area (Å²) in [6.07, 6.45) is 0. The Morgan fingerprint density at radius 2 is 1.75 bits per heavy atom. The van der Waals surface area contributed by atoms with E-state index in [2.05, 4.69) is 42.0 Å². The molecule has 0 aliphatic carbocycles. The van der Waals surface area contributed by atoms with Crippen LogP contribution in [0.3, 0.4) is 0 Å². The number of rotatable bonds is 5. The lowest BCUT2D eigenvalue weighted by atomic mass is 10.2. The maximum atomic E-state index is 9.05. The van der Waals surface area contributed by atoms with Crippen molar-refractivity contribution in [3.8, 4) is 6.07 Å². The minimum absolute atomic E-state index is 0.0341. The first-order valence-corrected chi connectivity index (χ1v) is 6.26. The molecule has 0 amide bonds. The van der Waals surface area contributed by atoms with Crippen LogP contribution in [0, 0.1) is 11.3 Å². The van der Waals surface area contributed by atoms with Crippen LogP contribution in [-0.2, 0) is 0 Å². The molecule has 0 bridgehead atoms. The molecule has 1 fully saturated rings. The smallest absolute Gasteiger partial charge is 0.108 e. The molecule has 1 N–H and O–H groups in total. The topological polar surface area (TPSA) is 42.3 Å². The summed E-state index contributed by atoms with van der Waals surface area (Å²) in [5, 5.41) is 12.3. The van der Waals surface area contributed by atoms with E-state index in [4.69, 9.17) is 5.26 Å². The molecule has 1 rings (SSSR count). The Kier molecular flexibility index (Phi) is 5.75. The zero-order chi connectivity index (χ0) is 12.0.